The first kappa shape index (κ1) is 9.23. The standard InChI is InChI=1S/C9H10N2O2S/c1-11(13-2)9(12)7-5-8-6(10-7)3-4-14-8/h3-5,10H,1-2H3. The maximum atomic E-state index is 11.6. The molecule has 2 heterocycles. The van der Waals surface area contributed by atoms with Crippen LogP contribution in [0.2, 0.25) is 0 Å². The summed E-state index contributed by atoms with van der Waals surface area (Å²) in [6.07, 6.45) is 0. The zero-order chi connectivity index (χ0) is 10.1. The molecule has 0 bridgehead atoms. The van der Waals surface area contributed by atoms with Gasteiger partial charge in [-0.25, -0.2) is 5.06 Å². The molecule has 1 N–H and O–H groups in total. The van der Waals surface area contributed by atoms with Crippen molar-refractivity contribution < 1.29 is 9.63 Å². The lowest BCUT2D eigenvalue weighted by Gasteiger charge is -2.11. The van der Waals surface area contributed by atoms with E-state index < -0.39 is 0 Å². The zero-order valence-corrected chi connectivity index (χ0v) is 8.72. The molecule has 0 fully saturated rings. The fraction of sp³-hybridized carbons (Fsp3) is 0.222. The van der Waals surface area contributed by atoms with Crippen LogP contribution < -0.4 is 0 Å². The Labute approximate surface area is 85.0 Å². The summed E-state index contributed by atoms with van der Waals surface area (Å²) in [4.78, 5) is 19.5. The number of fused-ring (bicyclic) bond motifs is 1. The monoisotopic (exact) mass is 210 g/mol. The van der Waals surface area contributed by atoms with Gasteiger partial charge >= 0.3 is 0 Å². The fourth-order valence-corrected chi connectivity index (χ4v) is 2.00. The molecule has 0 aliphatic heterocycles. The maximum Gasteiger partial charge on any atom is 0.293 e. The highest BCUT2D eigenvalue weighted by Gasteiger charge is 2.14. The molecule has 0 saturated carbocycles. The van der Waals surface area contributed by atoms with Gasteiger partial charge in [-0.3, -0.25) is 9.63 Å². The van der Waals surface area contributed by atoms with Crippen molar-refractivity contribution in [2.45, 2.75) is 0 Å². The smallest absolute Gasteiger partial charge is 0.293 e. The third-order valence-corrected chi connectivity index (χ3v) is 2.89. The first-order chi connectivity index (χ1) is 6.72. The normalized spacial score (nSPS) is 10.7. The molecule has 74 valence electrons. The van der Waals surface area contributed by atoms with Crippen LogP contribution in [-0.2, 0) is 4.84 Å². The van der Waals surface area contributed by atoms with Crippen molar-refractivity contribution in [3.05, 3.63) is 23.2 Å². The lowest BCUT2D eigenvalue weighted by Crippen LogP contribution is -2.25. The molecule has 0 radical (unpaired) electrons. The van der Waals surface area contributed by atoms with E-state index in [0.29, 0.717) is 5.69 Å². The molecule has 5 heteroatoms. The van der Waals surface area contributed by atoms with Gasteiger partial charge in [-0.2, -0.15) is 0 Å². The zero-order valence-electron chi connectivity index (χ0n) is 7.90. The molecule has 2 rings (SSSR count). The number of thiophene rings is 1. The van der Waals surface area contributed by atoms with Crippen molar-refractivity contribution in [2.24, 2.45) is 0 Å². The van der Waals surface area contributed by atoms with E-state index in [1.54, 1.807) is 18.4 Å². The van der Waals surface area contributed by atoms with Crippen LogP contribution in [0.25, 0.3) is 10.2 Å². The predicted octanol–water partition coefficient (Wildman–Crippen LogP) is 1.86. The second-order valence-electron chi connectivity index (χ2n) is 2.87. The Morgan fingerprint density at radius 2 is 2.43 bits per heavy atom. The molecule has 0 unspecified atom stereocenters. The van der Waals surface area contributed by atoms with Gasteiger partial charge in [0.05, 0.1) is 17.3 Å². The molecule has 0 aromatic carbocycles. The Kier molecular flexibility index (Phi) is 2.26. The van der Waals surface area contributed by atoms with Crippen molar-refractivity contribution >= 4 is 27.5 Å². The average molecular weight is 210 g/mol. The van der Waals surface area contributed by atoms with E-state index >= 15 is 0 Å². The van der Waals surface area contributed by atoms with E-state index in [1.165, 1.54) is 12.2 Å². The number of rotatable bonds is 2. The molecule has 0 aliphatic rings. The third-order valence-electron chi connectivity index (χ3n) is 2.03. The van der Waals surface area contributed by atoms with E-state index in [2.05, 4.69) is 4.98 Å². The Hall–Kier alpha value is -1.33. The van der Waals surface area contributed by atoms with Gasteiger partial charge in [-0.05, 0) is 17.5 Å². The van der Waals surface area contributed by atoms with E-state index in [4.69, 9.17) is 4.84 Å². The van der Waals surface area contributed by atoms with Crippen molar-refractivity contribution in [1.82, 2.24) is 10.0 Å². The highest BCUT2D eigenvalue weighted by atomic mass is 32.1. The Bertz CT molecular complexity index is 432. The molecule has 0 atom stereocenters. The molecule has 1 amide bonds. The highest BCUT2D eigenvalue weighted by molar-refractivity contribution is 7.17. The number of aromatic amines is 1. The summed E-state index contributed by atoms with van der Waals surface area (Å²) in [5.41, 5.74) is 1.54. The van der Waals surface area contributed by atoms with Crippen LogP contribution >= 0.6 is 11.3 Å². The Morgan fingerprint density at radius 3 is 3.07 bits per heavy atom. The summed E-state index contributed by atoms with van der Waals surface area (Å²) in [5, 5.41) is 3.17. The number of hydrogen-bond donors (Lipinski definition) is 1. The molecular formula is C9H10N2O2S. The summed E-state index contributed by atoms with van der Waals surface area (Å²) < 4.78 is 1.08. The quantitative estimate of drug-likeness (QED) is 0.769. The van der Waals surface area contributed by atoms with Crippen LogP contribution in [0.1, 0.15) is 10.5 Å². The Morgan fingerprint density at radius 1 is 1.64 bits per heavy atom. The summed E-state index contributed by atoms with van der Waals surface area (Å²) in [7, 11) is 3.04. The fourth-order valence-electron chi connectivity index (χ4n) is 1.22. The topological polar surface area (TPSA) is 45.3 Å². The Balaban J connectivity index is 2.35. The number of hydroxylamine groups is 2. The second-order valence-corrected chi connectivity index (χ2v) is 3.81. The van der Waals surface area contributed by atoms with Crippen molar-refractivity contribution in [3.8, 4) is 0 Å². The van der Waals surface area contributed by atoms with E-state index in [9.17, 15) is 4.79 Å². The van der Waals surface area contributed by atoms with Gasteiger partial charge in [-0.15, -0.1) is 11.3 Å². The van der Waals surface area contributed by atoms with Gasteiger partial charge in [0.15, 0.2) is 0 Å². The minimum Gasteiger partial charge on any atom is -0.350 e. The third kappa shape index (κ3) is 1.40. The molecule has 0 aliphatic carbocycles. The number of nitrogens with one attached hydrogen (secondary N) is 1. The van der Waals surface area contributed by atoms with E-state index in [1.807, 2.05) is 17.5 Å². The van der Waals surface area contributed by atoms with Gasteiger partial charge in [-0.1, -0.05) is 0 Å². The molecular weight excluding hydrogens is 200 g/mol. The molecule has 0 spiro atoms. The summed E-state index contributed by atoms with van der Waals surface area (Å²) >= 11 is 1.60. The highest BCUT2D eigenvalue weighted by Crippen LogP contribution is 2.21. The number of carbonyl (C=O) groups excluding carboxylic acids is 1. The molecule has 0 saturated heterocycles. The first-order valence-corrected chi connectivity index (χ1v) is 4.98. The van der Waals surface area contributed by atoms with Gasteiger partial charge in [0, 0.05) is 7.05 Å². The van der Waals surface area contributed by atoms with Crippen LogP contribution in [0.15, 0.2) is 17.5 Å². The number of hydrogen-bond acceptors (Lipinski definition) is 3. The maximum absolute atomic E-state index is 11.6. The molecule has 2 aromatic heterocycles. The van der Waals surface area contributed by atoms with Crippen LogP contribution in [0.3, 0.4) is 0 Å². The number of H-pyrrole nitrogens is 1. The minimum absolute atomic E-state index is 0.170. The summed E-state index contributed by atoms with van der Waals surface area (Å²) in [6, 6.07) is 3.78. The van der Waals surface area contributed by atoms with Crippen LogP contribution in [-0.4, -0.2) is 30.1 Å². The average Bonchev–Trinajstić information content (AvgIpc) is 2.74. The lowest BCUT2D eigenvalue weighted by atomic mass is 10.4. The first-order valence-electron chi connectivity index (χ1n) is 4.10. The number of nitrogens with zero attached hydrogens (tertiary/aromatic N) is 1. The summed E-state index contributed by atoms with van der Waals surface area (Å²) in [6.45, 7) is 0. The van der Waals surface area contributed by atoms with Gasteiger partial charge in [0.2, 0.25) is 0 Å². The number of carbonyl (C=O) groups is 1. The van der Waals surface area contributed by atoms with Crippen molar-refractivity contribution in [3.63, 3.8) is 0 Å². The van der Waals surface area contributed by atoms with Gasteiger partial charge < -0.3 is 4.98 Å². The SMILES string of the molecule is CON(C)C(=O)c1cc2sccc2[nH]1. The second kappa shape index (κ2) is 3.43. The predicted molar refractivity (Wildman–Crippen MR) is 55.3 cm³/mol. The van der Waals surface area contributed by atoms with E-state index in [-0.39, 0.29) is 5.91 Å². The summed E-state index contributed by atoms with van der Waals surface area (Å²) in [5.74, 6) is -0.170. The molecule has 4 nitrogen and oxygen atoms in total. The van der Waals surface area contributed by atoms with Crippen molar-refractivity contribution in [2.75, 3.05) is 14.2 Å². The number of amides is 1. The van der Waals surface area contributed by atoms with Crippen LogP contribution in [0.5, 0.6) is 0 Å². The minimum atomic E-state index is -0.170. The lowest BCUT2D eigenvalue weighted by molar-refractivity contribution is -0.0759. The van der Waals surface area contributed by atoms with Crippen LogP contribution in [0.4, 0.5) is 0 Å². The molecule has 2 aromatic rings. The largest absolute Gasteiger partial charge is 0.350 e. The van der Waals surface area contributed by atoms with Crippen molar-refractivity contribution in [1.29, 1.82) is 0 Å². The molecule has 14 heavy (non-hydrogen) atoms. The van der Waals surface area contributed by atoms with Gasteiger partial charge in [0.1, 0.15) is 5.69 Å². The van der Waals surface area contributed by atoms with E-state index in [0.717, 1.165) is 10.2 Å². The number of aromatic nitrogens is 1. The van der Waals surface area contributed by atoms with Gasteiger partial charge in [0.25, 0.3) is 5.91 Å². The van der Waals surface area contributed by atoms with Crippen LogP contribution in [0, 0.1) is 0 Å².